The molecule has 19 heteroatoms. The van der Waals surface area contributed by atoms with E-state index >= 15 is 0 Å². The molecule has 2 unspecified atom stereocenters. The Balaban J connectivity index is 7.07. The van der Waals surface area contributed by atoms with Gasteiger partial charge in [0.15, 0.2) is 0 Å². The van der Waals surface area contributed by atoms with Gasteiger partial charge < -0.3 is 0 Å². The van der Waals surface area contributed by atoms with Gasteiger partial charge in [0, 0.05) is 0 Å². The molecule has 2 atom stereocenters. The van der Waals surface area contributed by atoms with Crippen LogP contribution in [0.3, 0.4) is 0 Å². The third kappa shape index (κ3) is 3.25. The molecule has 0 aliphatic heterocycles. The van der Waals surface area contributed by atoms with Crippen molar-refractivity contribution in [2.75, 3.05) is 0 Å². The van der Waals surface area contributed by atoms with Crippen molar-refractivity contribution in [3.05, 3.63) is 0 Å². The Morgan fingerprint density at radius 3 is 0.929 bits per heavy atom. The van der Waals surface area contributed by atoms with E-state index in [9.17, 15) is 79.0 Å². The highest BCUT2D eigenvalue weighted by Gasteiger charge is 2.97. The van der Waals surface area contributed by atoms with E-state index in [4.69, 9.17) is 0 Å². The highest BCUT2D eigenvalue weighted by Crippen LogP contribution is 2.65. The number of alkyl halides is 19. The normalized spacial score (nSPS) is 19.4. The smallest absolute Gasteiger partial charge is 0.229 e. The quantitative estimate of drug-likeness (QED) is 0.187. The predicted molar refractivity (Wildman–Crippen MR) is 59.6 cm³/mol. The molecule has 0 rings (SSSR count). The van der Waals surface area contributed by atoms with Crippen molar-refractivity contribution in [3.63, 3.8) is 0 Å². The summed E-state index contributed by atoms with van der Waals surface area (Å²) >= 11 is -0.582. The van der Waals surface area contributed by atoms with Gasteiger partial charge >= 0.3 is 47.6 Å². The van der Waals surface area contributed by atoms with E-state index in [0.717, 1.165) is 0 Å². The lowest BCUT2D eigenvalue weighted by Gasteiger charge is -2.45. The van der Waals surface area contributed by atoms with Gasteiger partial charge in [0.1, 0.15) is 0 Å². The fourth-order valence-corrected chi connectivity index (χ4v) is 1.94. The number of hydrogen-bond donors (Lipinski definition) is 0. The third-order valence-electron chi connectivity index (χ3n) is 3.10. The maximum Gasteiger partial charge on any atom is 0.460 e. The van der Waals surface area contributed by atoms with Crippen molar-refractivity contribution in [1.29, 1.82) is 0 Å². The van der Waals surface area contributed by atoms with Gasteiger partial charge in [0.2, 0.25) is 4.18 Å². The molecule has 0 saturated heterocycles. The summed E-state index contributed by atoms with van der Waals surface area (Å²) in [6.45, 7) is 0. The van der Waals surface area contributed by atoms with Crippen LogP contribution in [-0.4, -0.2) is 51.8 Å². The summed E-state index contributed by atoms with van der Waals surface area (Å²) in [6, 6.07) is 0. The Hall–Kier alpha value is -0.530. The van der Waals surface area contributed by atoms with Crippen LogP contribution in [0, 0.1) is 0 Å². The highest BCUT2D eigenvalue weighted by molar-refractivity contribution is 14.1. The van der Waals surface area contributed by atoms with E-state index < -0.39 is 74.4 Å². The highest BCUT2D eigenvalue weighted by atomic mass is 127. The van der Waals surface area contributed by atoms with Crippen LogP contribution in [0.2, 0.25) is 0 Å². The summed E-state index contributed by atoms with van der Waals surface area (Å²) in [5.41, 5.74) is -8.35. The predicted octanol–water partition coefficient (Wildman–Crippen LogP) is 6.73. The minimum Gasteiger partial charge on any atom is -0.229 e. The van der Waals surface area contributed by atoms with Gasteiger partial charge in [-0.2, -0.15) is 70.2 Å². The average Bonchev–Trinajstić information content (AvgIpc) is 2.42. The van der Waals surface area contributed by atoms with E-state index in [1.165, 1.54) is 0 Å². The Bertz CT molecular complexity index is 569. The van der Waals surface area contributed by atoms with Gasteiger partial charge in [-0.25, -0.2) is 8.78 Å². The maximum atomic E-state index is 13.6. The summed E-state index contributed by atoms with van der Waals surface area (Å²) in [7, 11) is 0. The second-order valence-corrected chi connectivity index (χ2v) is 5.97. The number of halogens is 19. The lowest BCUT2D eigenvalue weighted by Crippen LogP contribution is -2.78. The van der Waals surface area contributed by atoms with Crippen molar-refractivity contribution >= 4 is 22.6 Å². The summed E-state index contributed by atoms with van der Waals surface area (Å²) in [6.07, 6.45) is -15.9. The Kier molecular flexibility index (Phi) is 6.61. The van der Waals surface area contributed by atoms with E-state index in [-0.39, 0.29) is 0 Å². The van der Waals surface area contributed by atoms with Gasteiger partial charge in [0.25, 0.3) is 0 Å². The fourth-order valence-electron chi connectivity index (χ4n) is 1.52. The van der Waals surface area contributed by atoms with Crippen molar-refractivity contribution in [3.8, 4) is 0 Å². The van der Waals surface area contributed by atoms with Crippen LogP contribution in [0.25, 0.3) is 0 Å². The molecule has 0 aliphatic carbocycles. The average molecular weight is 578 g/mol. The SMILES string of the molecule is FC(I)C(F)(F)C(F)(C(F)(F)F)C(F)(F)C(F)(F)C(F)(F)C(F)(F)C(F)(F)F. The monoisotopic (exact) mass is 578 g/mol. The number of rotatable bonds is 6. The Labute approximate surface area is 154 Å². The molecule has 0 aliphatic rings. The van der Waals surface area contributed by atoms with Crippen molar-refractivity contribution in [1.82, 2.24) is 0 Å². The summed E-state index contributed by atoms with van der Waals surface area (Å²) < 4.78 is 224. The number of hydrogen-bond acceptors (Lipinski definition) is 0. The second kappa shape index (κ2) is 6.74. The van der Waals surface area contributed by atoms with Gasteiger partial charge in [0.05, 0.1) is 0 Å². The van der Waals surface area contributed by atoms with E-state index in [0.29, 0.717) is 0 Å². The molecule has 0 aromatic heterocycles. The first kappa shape index (κ1) is 27.5. The van der Waals surface area contributed by atoms with Crippen LogP contribution in [0.5, 0.6) is 0 Å². The summed E-state index contributed by atoms with van der Waals surface area (Å²) in [5, 5.41) is 0. The van der Waals surface area contributed by atoms with Crippen molar-refractivity contribution in [2.24, 2.45) is 0 Å². The molecule has 0 aromatic rings. The van der Waals surface area contributed by atoms with Crippen LogP contribution in [-0.2, 0) is 0 Å². The molecule has 0 N–H and O–H groups in total. The first-order valence-corrected chi connectivity index (χ1v) is 6.93. The van der Waals surface area contributed by atoms with Crippen molar-refractivity contribution in [2.45, 2.75) is 51.8 Å². The maximum absolute atomic E-state index is 13.6. The summed E-state index contributed by atoms with van der Waals surface area (Å²) in [5.74, 6) is -41.7. The Morgan fingerprint density at radius 1 is 0.429 bits per heavy atom. The van der Waals surface area contributed by atoms with Crippen molar-refractivity contribution < 1.29 is 79.0 Å². The van der Waals surface area contributed by atoms with Gasteiger partial charge in [-0.15, -0.1) is 0 Å². The minimum absolute atomic E-state index is 0.582. The largest absolute Gasteiger partial charge is 0.460 e. The standard InChI is InChI=1S/C9HF18I/c10-1(28)2(11,12)3(13,8(22,23)24)4(14,15)5(16,17)6(18,19)7(20,21)9(25,26)27/h1H. The van der Waals surface area contributed by atoms with E-state index in [1.54, 1.807) is 0 Å². The van der Waals surface area contributed by atoms with E-state index in [2.05, 4.69) is 0 Å². The molecule has 0 fully saturated rings. The molecule has 0 aromatic carbocycles. The molecule has 0 bridgehead atoms. The molecule has 0 heterocycles. The topological polar surface area (TPSA) is 0 Å². The molecular formula is C9HF18I. The zero-order valence-electron chi connectivity index (χ0n) is 11.8. The zero-order valence-corrected chi connectivity index (χ0v) is 13.9. The van der Waals surface area contributed by atoms with Crippen LogP contribution in [0.15, 0.2) is 0 Å². The molecule has 28 heavy (non-hydrogen) atoms. The third-order valence-corrected chi connectivity index (χ3v) is 3.88. The van der Waals surface area contributed by atoms with Crippen LogP contribution in [0.1, 0.15) is 0 Å². The van der Waals surface area contributed by atoms with Crippen LogP contribution in [0.4, 0.5) is 79.0 Å². The molecular weight excluding hydrogens is 577 g/mol. The lowest BCUT2D eigenvalue weighted by molar-refractivity contribution is -0.462. The zero-order chi connectivity index (χ0) is 23.6. The lowest BCUT2D eigenvalue weighted by atomic mass is 9.82. The van der Waals surface area contributed by atoms with Gasteiger partial charge in [-0.05, 0) is 22.6 Å². The van der Waals surface area contributed by atoms with E-state index in [1.807, 2.05) is 0 Å². The molecule has 0 spiro atoms. The first-order valence-electron chi connectivity index (χ1n) is 5.69. The van der Waals surface area contributed by atoms with Gasteiger partial charge in [-0.1, -0.05) is 0 Å². The second-order valence-electron chi connectivity index (χ2n) is 4.88. The van der Waals surface area contributed by atoms with Crippen LogP contribution < -0.4 is 0 Å². The molecule has 0 saturated carbocycles. The Morgan fingerprint density at radius 2 is 0.714 bits per heavy atom. The van der Waals surface area contributed by atoms with Crippen LogP contribution >= 0.6 is 22.6 Å². The summed E-state index contributed by atoms with van der Waals surface area (Å²) in [4.78, 5) is 0. The molecule has 170 valence electrons. The molecule has 0 nitrogen and oxygen atoms in total. The molecule has 0 amide bonds. The van der Waals surface area contributed by atoms with Gasteiger partial charge in [-0.3, -0.25) is 0 Å². The fraction of sp³-hybridized carbons (Fsp3) is 1.00. The minimum atomic E-state index is -8.77. The first-order chi connectivity index (χ1) is 11.7. The molecule has 0 radical (unpaired) electrons.